The Labute approximate surface area is 185 Å². The molecule has 0 fully saturated rings. The number of rotatable bonds is 5. The van der Waals surface area contributed by atoms with Gasteiger partial charge in [-0.1, -0.05) is 0 Å². The summed E-state index contributed by atoms with van der Waals surface area (Å²) < 4.78 is 50.3. The van der Waals surface area contributed by atoms with Crippen LogP contribution in [0.25, 0.3) is 16.6 Å². The SMILES string of the molecule is Cc1cc(C(=O)O[C@H](C)C(F)(F)F)c2oc(C(C)NC(=O)c3cnn4cccnc34)cc2c1. The van der Waals surface area contributed by atoms with Crippen LogP contribution in [0, 0.1) is 6.92 Å². The number of aryl methyl sites for hydroxylation is 1. The number of benzene rings is 1. The fourth-order valence-electron chi connectivity index (χ4n) is 3.31. The second-order valence-electron chi connectivity index (χ2n) is 7.61. The molecule has 0 spiro atoms. The Balaban J connectivity index is 1.60. The van der Waals surface area contributed by atoms with E-state index in [4.69, 9.17) is 4.42 Å². The van der Waals surface area contributed by atoms with E-state index in [0.717, 1.165) is 6.92 Å². The lowest BCUT2D eigenvalue weighted by atomic mass is 10.1. The number of aromatic nitrogens is 3. The summed E-state index contributed by atoms with van der Waals surface area (Å²) in [5.74, 6) is -1.28. The van der Waals surface area contributed by atoms with E-state index in [1.165, 1.54) is 16.8 Å². The van der Waals surface area contributed by atoms with Gasteiger partial charge >= 0.3 is 12.1 Å². The van der Waals surface area contributed by atoms with Crippen molar-refractivity contribution in [1.29, 1.82) is 0 Å². The molecule has 1 unspecified atom stereocenters. The molecule has 0 bridgehead atoms. The quantitative estimate of drug-likeness (QED) is 0.444. The van der Waals surface area contributed by atoms with Gasteiger partial charge in [-0.3, -0.25) is 4.79 Å². The molecule has 1 amide bonds. The third-order valence-electron chi connectivity index (χ3n) is 5.04. The molecule has 0 aliphatic rings. The number of hydrogen-bond acceptors (Lipinski definition) is 6. The second-order valence-corrected chi connectivity index (χ2v) is 7.61. The summed E-state index contributed by atoms with van der Waals surface area (Å²) in [6, 6.07) is 5.79. The van der Waals surface area contributed by atoms with Crippen LogP contribution in [0.4, 0.5) is 13.2 Å². The first-order chi connectivity index (χ1) is 15.5. The minimum Gasteiger partial charge on any atom is -0.458 e. The molecule has 11 heteroatoms. The highest BCUT2D eigenvalue weighted by molar-refractivity contribution is 6.03. The minimum atomic E-state index is -4.68. The smallest absolute Gasteiger partial charge is 0.425 e. The monoisotopic (exact) mass is 460 g/mol. The van der Waals surface area contributed by atoms with Crippen LogP contribution in [-0.4, -0.2) is 38.8 Å². The van der Waals surface area contributed by atoms with Crippen molar-refractivity contribution in [2.45, 2.75) is 39.1 Å². The molecule has 4 rings (SSSR count). The number of nitrogens with one attached hydrogen (secondary N) is 1. The van der Waals surface area contributed by atoms with Crippen molar-refractivity contribution in [3.63, 3.8) is 0 Å². The van der Waals surface area contributed by atoms with E-state index >= 15 is 0 Å². The molecule has 2 atom stereocenters. The zero-order valence-electron chi connectivity index (χ0n) is 17.8. The number of nitrogens with zero attached hydrogens (tertiary/aromatic N) is 3. The number of furan rings is 1. The number of carbonyl (C=O) groups excluding carboxylic acids is 2. The zero-order valence-corrected chi connectivity index (χ0v) is 17.8. The van der Waals surface area contributed by atoms with Crippen LogP contribution in [0.1, 0.15) is 51.9 Å². The summed E-state index contributed by atoms with van der Waals surface area (Å²) in [4.78, 5) is 29.3. The van der Waals surface area contributed by atoms with Crippen LogP contribution in [0.15, 0.2) is 47.3 Å². The molecule has 0 aliphatic heterocycles. The first-order valence-corrected chi connectivity index (χ1v) is 9.95. The molecular weight excluding hydrogens is 441 g/mol. The average molecular weight is 460 g/mol. The molecule has 1 N–H and O–H groups in total. The van der Waals surface area contributed by atoms with Crippen molar-refractivity contribution in [2.75, 3.05) is 0 Å². The fourth-order valence-corrected chi connectivity index (χ4v) is 3.31. The Kier molecular flexibility index (Phi) is 5.56. The Morgan fingerprint density at radius 3 is 2.67 bits per heavy atom. The number of hydrogen-bond donors (Lipinski definition) is 1. The molecule has 0 saturated heterocycles. The highest BCUT2D eigenvalue weighted by atomic mass is 19.4. The van der Waals surface area contributed by atoms with E-state index in [2.05, 4.69) is 20.1 Å². The molecule has 3 aromatic heterocycles. The Morgan fingerprint density at radius 1 is 1.18 bits per heavy atom. The van der Waals surface area contributed by atoms with Crippen molar-refractivity contribution in [3.8, 4) is 0 Å². The van der Waals surface area contributed by atoms with Crippen LogP contribution in [0.5, 0.6) is 0 Å². The molecule has 4 aromatic rings. The molecule has 0 saturated carbocycles. The Bertz CT molecular complexity index is 1360. The number of ether oxygens (including phenoxy) is 1. The molecule has 33 heavy (non-hydrogen) atoms. The van der Waals surface area contributed by atoms with Gasteiger partial charge in [-0.05, 0) is 50.6 Å². The molecule has 0 radical (unpaired) electrons. The van der Waals surface area contributed by atoms with Gasteiger partial charge in [0, 0.05) is 17.8 Å². The predicted octanol–water partition coefficient (Wildman–Crippen LogP) is 4.38. The summed E-state index contributed by atoms with van der Waals surface area (Å²) >= 11 is 0. The van der Waals surface area contributed by atoms with Gasteiger partial charge in [0.2, 0.25) is 0 Å². The van der Waals surface area contributed by atoms with Gasteiger partial charge in [-0.15, -0.1) is 0 Å². The van der Waals surface area contributed by atoms with Crippen molar-refractivity contribution in [3.05, 3.63) is 65.3 Å². The average Bonchev–Trinajstić information content (AvgIpc) is 3.36. The Hall–Kier alpha value is -3.89. The number of alkyl halides is 3. The third kappa shape index (κ3) is 4.38. The lowest BCUT2D eigenvalue weighted by Crippen LogP contribution is -2.31. The van der Waals surface area contributed by atoms with Crippen LogP contribution in [0.2, 0.25) is 0 Å². The van der Waals surface area contributed by atoms with Crippen LogP contribution < -0.4 is 5.32 Å². The maximum atomic E-state index is 12.8. The largest absolute Gasteiger partial charge is 0.458 e. The van der Waals surface area contributed by atoms with Crippen molar-refractivity contribution < 1.29 is 31.9 Å². The van der Waals surface area contributed by atoms with Gasteiger partial charge in [-0.2, -0.15) is 18.3 Å². The van der Waals surface area contributed by atoms with Crippen molar-refractivity contribution in [1.82, 2.24) is 19.9 Å². The van der Waals surface area contributed by atoms with E-state index in [9.17, 15) is 22.8 Å². The maximum Gasteiger partial charge on any atom is 0.425 e. The summed E-state index contributed by atoms with van der Waals surface area (Å²) in [5.41, 5.74) is 1.23. The Morgan fingerprint density at radius 2 is 1.94 bits per heavy atom. The highest BCUT2D eigenvalue weighted by Crippen LogP contribution is 2.30. The van der Waals surface area contributed by atoms with E-state index in [-0.39, 0.29) is 16.7 Å². The predicted molar refractivity (Wildman–Crippen MR) is 111 cm³/mol. The molecule has 172 valence electrons. The molecule has 0 aliphatic carbocycles. The number of amides is 1. The van der Waals surface area contributed by atoms with Gasteiger partial charge < -0.3 is 14.5 Å². The van der Waals surface area contributed by atoms with Gasteiger partial charge in [0.05, 0.1) is 12.2 Å². The first kappa shape index (κ1) is 22.3. The summed E-state index contributed by atoms with van der Waals surface area (Å²) in [7, 11) is 0. The molecular formula is C22H19F3N4O4. The van der Waals surface area contributed by atoms with Crippen molar-refractivity contribution in [2.24, 2.45) is 0 Å². The van der Waals surface area contributed by atoms with Gasteiger partial charge in [0.25, 0.3) is 5.91 Å². The number of fused-ring (bicyclic) bond motifs is 2. The lowest BCUT2D eigenvalue weighted by molar-refractivity contribution is -0.198. The third-order valence-corrected chi connectivity index (χ3v) is 5.04. The van der Waals surface area contributed by atoms with Crippen molar-refractivity contribution >= 4 is 28.5 Å². The summed E-state index contributed by atoms with van der Waals surface area (Å²) in [6.45, 7) is 4.12. The minimum absolute atomic E-state index is 0.0775. The topological polar surface area (TPSA) is 98.7 Å². The maximum absolute atomic E-state index is 12.8. The highest BCUT2D eigenvalue weighted by Gasteiger charge is 2.39. The molecule has 3 heterocycles. The van der Waals surface area contributed by atoms with E-state index in [1.807, 2.05) is 0 Å². The second kappa shape index (κ2) is 8.23. The molecule has 1 aromatic carbocycles. The zero-order chi connectivity index (χ0) is 23.9. The standard InChI is InChI=1S/C22H19F3N4O4/c1-11-7-14-9-17(33-18(14)15(8-11)21(31)32-13(3)22(23,24)25)12(2)28-20(30)16-10-27-29-6-4-5-26-19(16)29/h4-10,12-13H,1-3H3,(H,28,30)/t12?,13-/m1/s1. The van der Waals surface area contributed by atoms with Gasteiger partial charge in [-0.25, -0.2) is 14.3 Å². The van der Waals surface area contributed by atoms with Crippen LogP contribution in [-0.2, 0) is 4.74 Å². The summed E-state index contributed by atoms with van der Waals surface area (Å²) in [5, 5.41) is 7.35. The van der Waals surface area contributed by atoms with Crippen LogP contribution >= 0.6 is 0 Å². The van der Waals surface area contributed by atoms with E-state index in [1.54, 1.807) is 44.4 Å². The van der Waals surface area contributed by atoms with E-state index < -0.39 is 30.2 Å². The lowest BCUT2D eigenvalue weighted by Gasteiger charge is -2.16. The van der Waals surface area contributed by atoms with Gasteiger partial charge in [0.1, 0.15) is 22.5 Å². The normalized spacial score (nSPS) is 13.8. The number of halogens is 3. The first-order valence-electron chi connectivity index (χ1n) is 9.95. The molecule has 8 nitrogen and oxygen atoms in total. The van der Waals surface area contributed by atoms with E-state index in [0.29, 0.717) is 22.4 Å². The summed E-state index contributed by atoms with van der Waals surface area (Å²) in [6.07, 6.45) is -2.36. The number of carbonyl (C=O) groups is 2. The fraction of sp³-hybridized carbons (Fsp3) is 0.273. The van der Waals surface area contributed by atoms with Gasteiger partial charge in [0.15, 0.2) is 11.8 Å². The van der Waals surface area contributed by atoms with Crippen LogP contribution in [0.3, 0.4) is 0 Å². The number of esters is 1.